The second-order valence-corrected chi connectivity index (χ2v) is 6.94. The Kier molecular flexibility index (Phi) is 6.56. The summed E-state index contributed by atoms with van der Waals surface area (Å²) in [6.07, 6.45) is -9.67. The highest BCUT2D eigenvalue weighted by Crippen LogP contribution is 2.34. The van der Waals surface area contributed by atoms with Gasteiger partial charge in [0.2, 0.25) is 11.6 Å². The summed E-state index contributed by atoms with van der Waals surface area (Å²) in [6.45, 7) is 0. The molecule has 0 spiro atoms. The molecule has 0 N–H and O–H groups in total. The predicted molar refractivity (Wildman–Crippen MR) is 78.3 cm³/mol. The van der Waals surface area contributed by atoms with Crippen LogP contribution in [-0.4, -0.2) is 47.5 Å². The van der Waals surface area contributed by atoms with Crippen LogP contribution in [0.5, 0.6) is 0 Å². The van der Waals surface area contributed by atoms with Crippen molar-refractivity contribution < 1.29 is 35.3 Å². The summed E-state index contributed by atoms with van der Waals surface area (Å²) in [4.78, 5) is 3.19. The molecular weight excluding hydrogens is 433 g/mol. The first-order chi connectivity index (χ1) is 10.7. The van der Waals surface area contributed by atoms with Crippen LogP contribution < -0.4 is 0 Å². The minimum Gasteiger partial charge on any atom is -0.611 e. The van der Waals surface area contributed by atoms with Gasteiger partial charge in [0.05, 0.1) is 4.47 Å². The van der Waals surface area contributed by atoms with E-state index in [1.807, 2.05) is 0 Å². The number of hydrogen-bond donors (Lipinski definition) is 0. The molecule has 0 aliphatic heterocycles. The first-order valence-corrected chi connectivity index (χ1v) is 8.11. The number of nitrogens with zero attached hydrogens (tertiary/aromatic N) is 2. The summed E-state index contributed by atoms with van der Waals surface area (Å²) in [5, 5.41) is 0. The fourth-order valence-corrected chi connectivity index (χ4v) is 3.37. The molecule has 0 aromatic heterocycles. The van der Waals surface area contributed by atoms with Crippen LogP contribution in [0.4, 0.5) is 36.4 Å². The molecule has 1 rings (SSSR count). The molecule has 1 aromatic carbocycles. The Hall–Kier alpha value is -1.01. The van der Waals surface area contributed by atoms with Crippen LogP contribution in [0.1, 0.15) is 0 Å². The third-order valence-electron chi connectivity index (χ3n) is 2.44. The number of hydrogen-bond acceptors (Lipinski definition) is 2. The standard InChI is InChI=1S/C12H10BrF7N2OS/c1-22(2)10(12(18,19)20)21-8-4-9(6(13)3-7(8)14)24(23)5-11(15,16)17/h3-4H,5H2,1-2H3/b21-10+. The highest BCUT2D eigenvalue weighted by Gasteiger charge is 2.39. The van der Waals surface area contributed by atoms with E-state index in [1.54, 1.807) is 0 Å². The third-order valence-corrected chi connectivity index (χ3v) is 4.78. The van der Waals surface area contributed by atoms with Gasteiger partial charge < -0.3 is 9.45 Å². The molecular formula is C12H10BrF7N2OS. The molecule has 3 nitrogen and oxygen atoms in total. The molecule has 12 heteroatoms. The van der Waals surface area contributed by atoms with Gasteiger partial charge in [0.1, 0.15) is 11.5 Å². The Bertz CT molecular complexity index is 631. The summed E-state index contributed by atoms with van der Waals surface area (Å²) < 4.78 is 101. The van der Waals surface area contributed by atoms with Crippen molar-refractivity contribution in [1.82, 2.24) is 4.90 Å². The van der Waals surface area contributed by atoms with E-state index in [1.165, 1.54) is 0 Å². The van der Waals surface area contributed by atoms with Gasteiger partial charge in [0.15, 0.2) is 4.90 Å². The van der Waals surface area contributed by atoms with E-state index in [4.69, 9.17) is 0 Å². The molecule has 0 amide bonds. The zero-order valence-electron chi connectivity index (χ0n) is 12.1. The first kappa shape index (κ1) is 21.0. The SMILES string of the molecule is CN(C)/C(=N/c1cc([S+]([O-])CC(F)(F)F)c(Br)cc1F)C(F)(F)F. The number of benzene rings is 1. The van der Waals surface area contributed by atoms with Gasteiger partial charge in [-0.25, -0.2) is 9.38 Å². The maximum atomic E-state index is 13.8. The lowest BCUT2D eigenvalue weighted by Crippen LogP contribution is -2.36. The molecule has 0 aliphatic carbocycles. The van der Waals surface area contributed by atoms with E-state index in [9.17, 15) is 35.3 Å². The summed E-state index contributed by atoms with van der Waals surface area (Å²) in [7, 11) is 2.04. The highest BCUT2D eigenvalue weighted by molar-refractivity contribution is 9.10. The summed E-state index contributed by atoms with van der Waals surface area (Å²) in [5.41, 5.74) is -0.871. The van der Waals surface area contributed by atoms with Crippen LogP contribution in [0.25, 0.3) is 0 Å². The lowest BCUT2D eigenvalue weighted by atomic mass is 10.3. The van der Waals surface area contributed by atoms with Gasteiger partial charge in [-0.15, -0.1) is 0 Å². The van der Waals surface area contributed by atoms with Gasteiger partial charge in [-0.05, 0) is 33.2 Å². The molecule has 0 aliphatic rings. The van der Waals surface area contributed by atoms with Crippen molar-refractivity contribution in [2.45, 2.75) is 17.2 Å². The van der Waals surface area contributed by atoms with Crippen molar-refractivity contribution in [3.63, 3.8) is 0 Å². The van der Waals surface area contributed by atoms with Gasteiger partial charge in [-0.1, -0.05) is 0 Å². The van der Waals surface area contributed by atoms with Gasteiger partial charge in [-0.2, -0.15) is 26.3 Å². The molecule has 0 fully saturated rings. The number of amidine groups is 1. The Balaban J connectivity index is 3.38. The second kappa shape index (κ2) is 7.48. The van der Waals surface area contributed by atoms with Gasteiger partial charge in [0, 0.05) is 20.2 Å². The van der Waals surface area contributed by atoms with Crippen LogP contribution in [0.3, 0.4) is 0 Å². The van der Waals surface area contributed by atoms with Crippen LogP contribution in [0.15, 0.2) is 26.5 Å². The monoisotopic (exact) mass is 442 g/mol. The van der Waals surface area contributed by atoms with Crippen molar-refractivity contribution in [3.05, 3.63) is 22.4 Å². The lowest BCUT2D eigenvalue weighted by molar-refractivity contribution is -0.106. The molecule has 0 heterocycles. The maximum absolute atomic E-state index is 13.8. The lowest BCUT2D eigenvalue weighted by Gasteiger charge is -2.19. The molecule has 136 valence electrons. The Morgan fingerprint density at radius 3 is 2.17 bits per heavy atom. The van der Waals surface area contributed by atoms with E-state index >= 15 is 0 Å². The maximum Gasteiger partial charge on any atom is 0.449 e. The fourth-order valence-electron chi connectivity index (χ4n) is 1.54. The topological polar surface area (TPSA) is 38.7 Å². The van der Waals surface area contributed by atoms with Crippen molar-refractivity contribution in [2.24, 2.45) is 4.99 Å². The number of alkyl halides is 6. The third kappa shape index (κ3) is 5.81. The normalized spacial score (nSPS) is 14.7. The van der Waals surface area contributed by atoms with Gasteiger partial charge >= 0.3 is 12.4 Å². The van der Waals surface area contributed by atoms with Gasteiger partial charge in [0.25, 0.3) is 0 Å². The zero-order valence-corrected chi connectivity index (χ0v) is 14.5. The van der Waals surface area contributed by atoms with E-state index in [0.29, 0.717) is 17.0 Å². The van der Waals surface area contributed by atoms with Crippen molar-refractivity contribution in [2.75, 3.05) is 19.8 Å². The molecule has 1 atom stereocenters. The minimum absolute atomic E-state index is 0.264. The molecule has 1 unspecified atom stereocenters. The molecule has 0 saturated carbocycles. The molecule has 0 saturated heterocycles. The fraction of sp³-hybridized carbons (Fsp3) is 0.417. The molecule has 0 bridgehead atoms. The van der Waals surface area contributed by atoms with E-state index in [0.717, 1.165) is 14.1 Å². The summed E-state index contributed by atoms with van der Waals surface area (Å²) >= 11 is 0.110. The number of rotatable bonds is 3. The quantitative estimate of drug-likeness (QED) is 0.301. The molecule has 24 heavy (non-hydrogen) atoms. The Morgan fingerprint density at radius 1 is 1.21 bits per heavy atom. The van der Waals surface area contributed by atoms with Crippen LogP contribution in [-0.2, 0) is 11.2 Å². The van der Waals surface area contributed by atoms with Crippen molar-refractivity contribution >= 4 is 38.6 Å². The summed E-state index contributed by atoms with van der Waals surface area (Å²) in [6, 6.07) is 1.21. The number of halogens is 8. The average molecular weight is 443 g/mol. The zero-order chi connectivity index (χ0) is 18.9. The van der Waals surface area contributed by atoms with Gasteiger partial charge in [-0.3, -0.25) is 0 Å². The summed E-state index contributed by atoms with van der Waals surface area (Å²) in [5.74, 6) is -4.39. The first-order valence-electron chi connectivity index (χ1n) is 5.99. The smallest absolute Gasteiger partial charge is 0.449 e. The van der Waals surface area contributed by atoms with Crippen molar-refractivity contribution in [3.8, 4) is 0 Å². The van der Waals surface area contributed by atoms with E-state index in [-0.39, 0.29) is 4.47 Å². The Morgan fingerprint density at radius 2 is 1.75 bits per heavy atom. The highest BCUT2D eigenvalue weighted by atomic mass is 79.9. The van der Waals surface area contributed by atoms with E-state index in [2.05, 4.69) is 20.9 Å². The predicted octanol–water partition coefficient (Wildman–Crippen LogP) is 4.41. The second-order valence-electron chi connectivity index (χ2n) is 4.67. The minimum atomic E-state index is -4.91. The van der Waals surface area contributed by atoms with Crippen molar-refractivity contribution in [1.29, 1.82) is 0 Å². The van der Waals surface area contributed by atoms with Crippen LogP contribution in [0, 0.1) is 5.82 Å². The average Bonchev–Trinajstić information content (AvgIpc) is 2.33. The van der Waals surface area contributed by atoms with Crippen LogP contribution >= 0.6 is 15.9 Å². The Labute approximate surface area is 143 Å². The number of aliphatic imine (C=N–C) groups is 1. The van der Waals surface area contributed by atoms with Crippen LogP contribution in [0.2, 0.25) is 0 Å². The largest absolute Gasteiger partial charge is 0.611 e. The molecule has 0 radical (unpaired) electrons. The van der Waals surface area contributed by atoms with E-state index < -0.39 is 51.5 Å². The molecule has 1 aromatic rings.